The number of hydrogen-bond acceptors (Lipinski definition) is 7. The number of thiophene rings is 1. The van der Waals surface area contributed by atoms with Gasteiger partial charge in [-0.3, -0.25) is 14.4 Å². The normalized spacial score (nSPS) is 13.0. The molecule has 6 rings (SSSR count). The van der Waals surface area contributed by atoms with Gasteiger partial charge in [0.05, 0.1) is 12.2 Å². The number of nitrogens with one attached hydrogen (secondary N) is 3. The van der Waals surface area contributed by atoms with E-state index in [1.165, 1.54) is 29.2 Å². The van der Waals surface area contributed by atoms with E-state index in [1.807, 2.05) is 36.4 Å². The van der Waals surface area contributed by atoms with E-state index in [4.69, 9.17) is 27.9 Å². The fourth-order valence-electron chi connectivity index (χ4n) is 5.87. The number of aryl methyl sites for hydroxylation is 1. The third-order valence-electron chi connectivity index (χ3n) is 8.39. The summed E-state index contributed by atoms with van der Waals surface area (Å²) in [5.41, 5.74) is 3.24. The van der Waals surface area contributed by atoms with Crippen LogP contribution in [0.3, 0.4) is 0 Å². The average molecular weight is 785 g/mol. The quantitative estimate of drug-likeness (QED) is 0.0660. The topological polar surface area (TPSA) is 114 Å². The van der Waals surface area contributed by atoms with Gasteiger partial charge in [-0.05, 0) is 92.3 Å². The molecule has 1 aliphatic carbocycles. The minimum Gasteiger partial charge on any atom is -0.462 e. The number of anilines is 2. The largest absolute Gasteiger partial charge is 0.462 e. The Morgan fingerprint density at radius 2 is 1.53 bits per heavy atom. The van der Waals surface area contributed by atoms with Gasteiger partial charge in [0.1, 0.15) is 15.9 Å². The van der Waals surface area contributed by atoms with E-state index in [9.17, 15) is 19.2 Å². The number of rotatable bonds is 12. The van der Waals surface area contributed by atoms with Gasteiger partial charge in [0.2, 0.25) is 5.91 Å². The smallest absolute Gasteiger partial charge is 0.341 e. The number of hydrogen-bond donors (Lipinski definition) is 3. The van der Waals surface area contributed by atoms with Crippen LogP contribution >= 0.6 is 46.3 Å². The van der Waals surface area contributed by atoms with Crippen LogP contribution in [-0.4, -0.2) is 30.3 Å². The molecule has 8 nitrogen and oxygen atoms in total. The van der Waals surface area contributed by atoms with Gasteiger partial charge < -0.3 is 20.7 Å². The lowest BCUT2D eigenvalue weighted by Crippen LogP contribution is -2.30. The first-order valence-electron chi connectivity index (χ1n) is 17.0. The zero-order chi connectivity index (χ0) is 37.3. The molecular weight excluding hydrogens is 750 g/mol. The monoisotopic (exact) mass is 783 g/mol. The Bertz CT molecular complexity index is 2150. The number of halogens is 2. The molecular formula is C41H35Cl2N3O5S2. The average Bonchev–Trinajstić information content (AvgIpc) is 3.53. The Morgan fingerprint density at radius 3 is 2.25 bits per heavy atom. The van der Waals surface area contributed by atoms with E-state index in [2.05, 4.69) is 16.0 Å². The van der Waals surface area contributed by atoms with E-state index in [0.29, 0.717) is 42.3 Å². The maximum Gasteiger partial charge on any atom is 0.341 e. The third-order valence-corrected chi connectivity index (χ3v) is 11.5. The van der Waals surface area contributed by atoms with Crippen LogP contribution in [0.5, 0.6) is 0 Å². The van der Waals surface area contributed by atoms with Gasteiger partial charge in [-0.25, -0.2) is 4.79 Å². The van der Waals surface area contributed by atoms with Crippen LogP contribution < -0.4 is 16.0 Å². The molecule has 12 heteroatoms. The predicted octanol–water partition coefficient (Wildman–Crippen LogP) is 9.99. The van der Waals surface area contributed by atoms with Crippen LogP contribution in [0.15, 0.2) is 114 Å². The summed E-state index contributed by atoms with van der Waals surface area (Å²) in [6, 6.07) is 29.9. The van der Waals surface area contributed by atoms with Gasteiger partial charge in [0, 0.05) is 36.6 Å². The lowest BCUT2D eigenvalue weighted by atomic mass is 9.95. The maximum absolute atomic E-state index is 14.1. The summed E-state index contributed by atoms with van der Waals surface area (Å²) in [7, 11) is 0. The zero-order valence-corrected chi connectivity index (χ0v) is 31.8. The number of thioether (sulfide) groups is 1. The molecule has 0 radical (unpaired) electrons. The van der Waals surface area contributed by atoms with Crippen molar-refractivity contribution in [2.24, 2.45) is 0 Å². The molecule has 0 saturated heterocycles. The Hall–Kier alpha value is -4.87. The van der Waals surface area contributed by atoms with Crippen LogP contribution in [-0.2, 0) is 27.2 Å². The van der Waals surface area contributed by atoms with Gasteiger partial charge in [-0.2, -0.15) is 0 Å². The van der Waals surface area contributed by atoms with Crippen LogP contribution in [0, 0.1) is 0 Å². The molecule has 3 amide bonds. The van der Waals surface area contributed by atoms with Crippen molar-refractivity contribution in [1.82, 2.24) is 5.32 Å². The van der Waals surface area contributed by atoms with Crippen LogP contribution in [0.4, 0.5) is 10.7 Å². The van der Waals surface area contributed by atoms with E-state index >= 15 is 0 Å². The maximum atomic E-state index is 14.1. The SMILES string of the molecule is CCOC(=O)c1c(NC(=O)C(Sc2cccc(NC(=O)/C(=C\c3c(Cl)cccc3Cl)NC(=O)c3ccccc3)c2)c2ccccc2)sc2c1CCCC2. The predicted molar refractivity (Wildman–Crippen MR) is 214 cm³/mol. The first kappa shape index (κ1) is 37.9. The molecule has 0 fully saturated rings. The van der Waals surface area contributed by atoms with E-state index in [1.54, 1.807) is 73.7 Å². The number of fused-ring (bicyclic) bond motifs is 1. The summed E-state index contributed by atoms with van der Waals surface area (Å²) < 4.78 is 5.40. The molecule has 0 saturated carbocycles. The molecule has 1 unspecified atom stereocenters. The number of carbonyl (C=O) groups is 4. The minimum atomic E-state index is -0.709. The van der Waals surface area contributed by atoms with Gasteiger partial charge in [-0.15, -0.1) is 23.1 Å². The Kier molecular flexibility index (Phi) is 12.7. The number of ether oxygens (including phenoxy) is 1. The summed E-state index contributed by atoms with van der Waals surface area (Å²) >= 11 is 15.6. The lowest BCUT2D eigenvalue weighted by Gasteiger charge is -2.18. The van der Waals surface area contributed by atoms with E-state index in [0.717, 1.165) is 41.7 Å². The molecule has 1 heterocycles. The van der Waals surface area contributed by atoms with Crippen molar-refractivity contribution in [3.8, 4) is 0 Å². The van der Waals surface area contributed by atoms with Crippen molar-refractivity contribution in [2.75, 3.05) is 17.2 Å². The van der Waals surface area contributed by atoms with E-state index < -0.39 is 23.0 Å². The molecule has 3 N–H and O–H groups in total. The Morgan fingerprint density at radius 1 is 0.849 bits per heavy atom. The second-order valence-corrected chi connectivity index (χ2v) is 15.1. The molecule has 1 aromatic heterocycles. The fourth-order valence-corrected chi connectivity index (χ4v) is 8.74. The highest BCUT2D eigenvalue weighted by Gasteiger charge is 2.30. The molecule has 0 spiro atoms. The first-order valence-corrected chi connectivity index (χ1v) is 19.4. The standard InChI is InChI=1S/C41H35Cl2N3O5S2/c1-2-51-41(50)35-29-19-9-10-22-34(29)53-40(35)46-39(49)36(25-13-5-3-6-14-25)52-28-18-11-17-27(23-28)44-38(48)33(24-30-31(42)20-12-21-32(30)43)45-37(47)26-15-7-4-8-16-26/h3-8,11-18,20-21,23-24,36H,2,9-10,19,22H2,1H3,(H,44,48)(H,45,47)(H,46,49)/b33-24+. The molecule has 0 aliphatic heterocycles. The summed E-state index contributed by atoms with van der Waals surface area (Å²) in [5.74, 6) is -1.84. The Labute approximate surface area is 325 Å². The second kappa shape index (κ2) is 17.8. The molecule has 1 atom stereocenters. The van der Waals surface area contributed by atoms with Gasteiger partial charge in [0.25, 0.3) is 11.8 Å². The highest BCUT2D eigenvalue weighted by molar-refractivity contribution is 8.00. The van der Waals surface area contributed by atoms with Crippen molar-refractivity contribution in [2.45, 2.75) is 42.8 Å². The van der Waals surface area contributed by atoms with Crippen molar-refractivity contribution in [3.05, 3.63) is 152 Å². The molecule has 1 aliphatic rings. The second-order valence-electron chi connectivity index (χ2n) is 12.0. The molecule has 270 valence electrons. The number of amides is 3. The van der Waals surface area contributed by atoms with Crippen LogP contribution in [0.2, 0.25) is 10.0 Å². The lowest BCUT2D eigenvalue weighted by molar-refractivity contribution is -0.116. The van der Waals surface area contributed by atoms with Crippen molar-refractivity contribution < 1.29 is 23.9 Å². The highest BCUT2D eigenvalue weighted by Crippen LogP contribution is 2.42. The fraction of sp³-hybridized carbons (Fsp3) is 0.171. The third kappa shape index (κ3) is 9.39. The summed E-state index contributed by atoms with van der Waals surface area (Å²) in [4.78, 5) is 56.0. The van der Waals surface area contributed by atoms with Crippen molar-refractivity contribution in [3.63, 3.8) is 0 Å². The van der Waals surface area contributed by atoms with Crippen molar-refractivity contribution in [1.29, 1.82) is 0 Å². The molecule has 4 aromatic carbocycles. The number of benzene rings is 4. The highest BCUT2D eigenvalue weighted by atomic mass is 35.5. The number of esters is 1. The Balaban J connectivity index is 1.26. The minimum absolute atomic E-state index is 0.0792. The molecule has 0 bridgehead atoms. The summed E-state index contributed by atoms with van der Waals surface area (Å²) in [5, 5.41) is 9.04. The number of carbonyl (C=O) groups excluding carboxylic acids is 4. The van der Waals surface area contributed by atoms with Crippen molar-refractivity contribution >= 4 is 86.8 Å². The van der Waals surface area contributed by atoms with Gasteiger partial charge in [-0.1, -0.05) is 83.9 Å². The first-order chi connectivity index (χ1) is 25.7. The summed E-state index contributed by atoms with van der Waals surface area (Å²) in [6.45, 7) is 2.00. The van der Waals surface area contributed by atoms with E-state index in [-0.39, 0.29) is 18.2 Å². The van der Waals surface area contributed by atoms with Gasteiger partial charge >= 0.3 is 5.97 Å². The summed E-state index contributed by atoms with van der Waals surface area (Å²) in [6.07, 6.45) is 5.06. The van der Waals surface area contributed by atoms with Gasteiger partial charge in [0.15, 0.2) is 0 Å². The molecule has 5 aromatic rings. The van der Waals surface area contributed by atoms with Crippen LogP contribution in [0.1, 0.15) is 67.3 Å². The van der Waals surface area contributed by atoms with Crippen LogP contribution in [0.25, 0.3) is 6.08 Å². The molecule has 53 heavy (non-hydrogen) atoms. The zero-order valence-electron chi connectivity index (χ0n) is 28.6.